The minimum absolute atomic E-state index is 0.0139. The number of hydrogen-bond acceptors (Lipinski definition) is 6. The number of benzene rings is 1. The van der Waals surface area contributed by atoms with Crippen LogP contribution in [0.25, 0.3) is 0 Å². The van der Waals surface area contributed by atoms with Crippen molar-refractivity contribution < 1.29 is 21.8 Å². The molecule has 1 aromatic heterocycles. The number of nitrogens with two attached hydrogens (primary N) is 1. The lowest BCUT2D eigenvalue weighted by Crippen LogP contribution is -2.21. The van der Waals surface area contributed by atoms with Gasteiger partial charge in [0.2, 0.25) is 0 Å². The van der Waals surface area contributed by atoms with Crippen molar-refractivity contribution in [3.8, 4) is 0 Å². The van der Waals surface area contributed by atoms with E-state index < -0.39 is 16.3 Å². The average molecular weight is 331 g/mol. The maximum Gasteiger partial charge on any atom is 0.382 e. The predicted molar refractivity (Wildman–Crippen MR) is 76.0 cm³/mol. The van der Waals surface area contributed by atoms with E-state index in [0.29, 0.717) is 16.5 Å². The molecule has 2 rings (SSSR count). The largest absolute Gasteiger partial charge is 0.467 e. The maximum absolute atomic E-state index is 11.8. The number of rotatable bonds is 5. The highest BCUT2D eigenvalue weighted by Crippen LogP contribution is 2.23. The highest BCUT2D eigenvalue weighted by molar-refractivity contribution is 7.84. The first-order chi connectivity index (χ1) is 9.85. The first-order valence-electron chi connectivity index (χ1n) is 5.67. The van der Waals surface area contributed by atoms with E-state index in [1.807, 2.05) is 0 Å². The molecular weight excluding hydrogens is 320 g/mol. The second-order valence-electron chi connectivity index (χ2n) is 3.99. The standard InChI is InChI=1S/C12H11ClN2O5S/c13-8-3-4-10(12(16)20-21(14,17)18)11(6-8)15-7-9-2-1-5-19-9/h1-6,15H,7H2,(H2,14,17,18). The van der Waals surface area contributed by atoms with E-state index in [-0.39, 0.29) is 12.1 Å². The lowest BCUT2D eigenvalue weighted by molar-refractivity contribution is 0.0748. The molecule has 2 aromatic rings. The fourth-order valence-corrected chi connectivity index (χ4v) is 2.06. The second kappa shape index (κ2) is 6.17. The zero-order chi connectivity index (χ0) is 15.5. The third-order valence-electron chi connectivity index (χ3n) is 2.43. The van der Waals surface area contributed by atoms with Gasteiger partial charge in [-0.3, -0.25) is 0 Å². The molecule has 112 valence electrons. The van der Waals surface area contributed by atoms with E-state index in [4.69, 9.17) is 16.0 Å². The van der Waals surface area contributed by atoms with Crippen LogP contribution in [0, 0.1) is 0 Å². The van der Waals surface area contributed by atoms with Crippen LogP contribution in [-0.2, 0) is 21.0 Å². The quantitative estimate of drug-likeness (QED) is 0.866. The number of carbonyl (C=O) groups is 1. The van der Waals surface area contributed by atoms with E-state index in [1.165, 1.54) is 24.5 Å². The van der Waals surface area contributed by atoms with Gasteiger partial charge in [-0.25, -0.2) is 4.79 Å². The van der Waals surface area contributed by atoms with Crippen LogP contribution in [0.15, 0.2) is 41.0 Å². The van der Waals surface area contributed by atoms with Gasteiger partial charge in [0.15, 0.2) is 0 Å². The van der Waals surface area contributed by atoms with Crippen molar-refractivity contribution in [2.45, 2.75) is 6.54 Å². The van der Waals surface area contributed by atoms with Crippen LogP contribution in [0.3, 0.4) is 0 Å². The van der Waals surface area contributed by atoms with Crippen molar-refractivity contribution in [1.29, 1.82) is 0 Å². The summed E-state index contributed by atoms with van der Waals surface area (Å²) in [6, 6.07) is 7.68. The molecule has 0 saturated carbocycles. The molecule has 0 spiro atoms. The van der Waals surface area contributed by atoms with Crippen molar-refractivity contribution in [3.05, 3.63) is 52.9 Å². The van der Waals surface area contributed by atoms with Gasteiger partial charge in [0, 0.05) is 5.02 Å². The van der Waals surface area contributed by atoms with Crippen molar-refractivity contribution in [1.82, 2.24) is 0 Å². The summed E-state index contributed by atoms with van der Waals surface area (Å²) in [4.78, 5) is 11.8. The Labute approximate surface area is 125 Å². The third-order valence-corrected chi connectivity index (χ3v) is 3.05. The van der Waals surface area contributed by atoms with Crippen LogP contribution in [0.2, 0.25) is 5.02 Å². The van der Waals surface area contributed by atoms with E-state index in [2.05, 4.69) is 14.6 Å². The van der Waals surface area contributed by atoms with Gasteiger partial charge in [-0.15, -0.1) is 0 Å². The minimum Gasteiger partial charge on any atom is -0.467 e. The highest BCUT2D eigenvalue weighted by Gasteiger charge is 2.18. The summed E-state index contributed by atoms with van der Waals surface area (Å²) in [5.41, 5.74) is 0.285. The molecule has 0 aliphatic rings. The van der Waals surface area contributed by atoms with Gasteiger partial charge < -0.3 is 13.9 Å². The van der Waals surface area contributed by atoms with Crippen molar-refractivity contribution in [3.63, 3.8) is 0 Å². The highest BCUT2D eigenvalue weighted by atomic mass is 35.5. The Morgan fingerprint density at radius 3 is 2.76 bits per heavy atom. The molecule has 1 heterocycles. The Bertz CT molecular complexity index is 743. The van der Waals surface area contributed by atoms with Crippen LogP contribution in [-0.4, -0.2) is 14.4 Å². The summed E-state index contributed by atoms with van der Waals surface area (Å²) in [6.07, 6.45) is 1.51. The molecule has 0 radical (unpaired) electrons. The Morgan fingerprint density at radius 1 is 1.38 bits per heavy atom. The minimum atomic E-state index is -4.39. The van der Waals surface area contributed by atoms with Crippen molar-refractivity contribution in [2.75, 3.05) is 5.32 Å². The molecule has 9 heteroatoms. The third kappa shape index (κ3) is 4.48. The molecule has 0 unspecified atom stereocenters. The van der Waals surface area contributed by atoms with Crippen LogP contribution in [0.1, 0.15) is 16.1 Å². The lowest BCUT2D eigenvalue weighted by Gasteiger charge is -2.10. The number of carbonyl (C=O) groups excluding carboxylic acids is 1. The van der Waals surface area contributed by atoms with Gasteiger partial charge in [-0.05, 0) is 30.3 Å². The predicted octanol–water partition coefficient (Wildman–Crippen LogP) is 1.91. The topological polar surface area (TPSA) is 112 Å². The normalized spacial score (nSPS) is 11.1. The number of furan rings is 1. The fraction of sp³-hybridized carbons (Fsp3) is 0.0833. The summed E-state index contributed by atoms with van der Waals surface area (Å²) in [7, 11) is -4.39. The molecule has 0 fully saturated rings. The molecular formula is C12H11ClN2O5S. The summed E-state index contributed by atoms with van der Waals surface area (Å²) >= 11 is 5.86. The molecule has 7 nitrogen and oxygen atoms in total. The summed E-state index contributed by atoms with van der Waals surface area (Å²) < 4.78 is 30.9. The Kier molecular flexibility index (Phi) is 4.51. The first-order valence-corrected chi connectivity index (χ1v) is 7.52. The SMILES string of the molecule is NS(=O)(=O)OC(=O)c1ccc(Cl)cc1NCc1ccco1. The van der Waals surface area contributed by atoms with Crippen molar-refractivity contribution >= 4 is 33.6 Å². The Balaban J connectivity index is 2.22. The van der Waals surface area contributed by atoms with Gasteiger partial charge in [-0.1, -0.05) is 11.6 Å². The summed E-state index contributed by atoms with van der Waals surface area (Å²) in [5.74, 6) is -0.475. The van der Waals surface area contributed by atoms with Crippen LogP contribution in [0.4, 0.5) is 5.69 Å². The number of hydrogen-bond donors (Lipinski definition) is 2. The average Bonchev–Trinajstić information content (AvgIpc) is 2.87. The zero-order valence-electron chi connectivity index (χ0n) is 10.6. The van der Waals surface area contributed by atoms with E-state index in [1.54, 1.807) is 12.1 Å². The van der Waals surface area contributed by atoms with Gasteiger partial charge in [-0.2, -0.15) is 13.6 Å². The molecule has 0 aliphatic heterocycles. The van der Waals surface area contributed by atoms with Gasteiger partial charge in [0.1, 0.15) is 5.76 Å². The molecule has 21 heavy (non-hydrogen) atoms. The number of halogens is 1. The lowest BCUT2D eigenvalue weighted by atomic mass is 10.2. The van der Waals surface area contributed by atoms with E-state index in [0.717, 1.165) is 0 Å². The molecule has 0 amide bonds. The fourth-order valence-electron chi connectivity index (χ4n) is 1.59. The van der Waals surface area contributed by atoms with Crippen LogP contribution < -0.4 is 10.5 Å². The molecule has 0 atom stereocenters. The first kappa shape index (κ1) is 15.4. The zero-order valence-corrected chi connectivity index (χ0v) is 12.1. The Hall–Kier alpha value is -2.03. The second-order valence-corrected chi connectivity index (χ2v) is 5.58. The molecule has 3 N–H and O–H groups in total. The van der Waals surface area contributed by atoms with Gasteiger partial charge >= 0.3 is 16.3 Å². The molecule has 1 aromatic carbocycles. The number of nitrogens with one attached hydrogen (secondary N) is 1. The monoisotopic (exact) mass is 330 g/mol. The van der Waals surface area contributed by atoms with E-state index >= 15 is 0 Å². The summed E-state index contributed by atoms with van der Waals surface area (Å²) in [5, 5.41) is 7.95. The molecule has 0 aliphatic carbocycles. The molecule has 0 bridgehead atoms. The smallest absolute Gasteiger partial charge is 0.382 e. The Morgan fingerprint density at radius 2 is 2.14 bits per heavy atom. The maximum atomic E-state index is 11.8. The van der Waals surface area contributed by atoms with Crippen LogP contribution >= 0.6 is 11.6 Å². The van der Waals surface area contributed by atoms with Crippen molar-refractivity contribution in [2.24, 2.45) is 5.14 Å². The summed E-state index contributed by atoms with van der Waals surface area (Å²) in [6.45, 7) is 0.281. The van der Waals surface area contributed by atoms with Gasteiger partial charge in [0.05, 0.1) is 24.1 Å². The van der Waals surface area contributed by atoms with E-state index in [9.17, 15) is 13.2 Å². The van der Waals surface area contributed by atoms with Gasteiger partial charge in [0.25, 0.3) is 0 Å². The van der Waals surface area contributed by atoms with Crippen LogP contribution in [0.5, 0.6) is 0 Å². The number of anilines is 1. The molecule has 0 saturated heterocycles.